The summed E-state index contributed by atoms with van der Waals surface area (Å²) in [6.45, 7) is 4.65. The van der Waals surface area contributed by atoms with E-state index in [-0.39, 0.29) is 30.7 Å². The fraction of sp³-hybridized carbons (Fsp3) is 0.381. The van der Waals surface area contributed by atoms with Crippen LogP contribution in [0.2, 0.25) is 0 Å². The maximum atomic E-state index is 14.5. The third-order valence-corrected chi connectivity index (χ3v) is 5.82. The third-order valence-electron chi connectivity index (χ3n) is 5.82. The quantitative estimate of drug-likeness (QED) is 0.551. The van der Waals surface area contributed by atoms with Gasteiger partial charge in [-0.05, 0) is 19.4 Å². The van der Waals surface area contributed by atoms with Crippen molar-refractivity contribution in [1.29, 1.82) is 0 Å². The largest absolute Gasteiger partial charge is 0.395 e. The average Bonchev–Trinajstić information content (AvgIpc) is 3.36. The number of hydrogen-bond acceptors (Lipinski definition) is 6. The summed E-state index contributed by atoms with van der Waals surface area (Å²) in [5.41, 5.74) is 3.37. The van der Waals surface area contributed by atoms with E-state index in [4.69, 9.17) is 0 Å². The molecule has 170 valence electrons. The second kappa shape index (κ2) is 8.89. The molecule has 3 N–H and O–H groups in total. The number of hydrogen-bond donors (Lipinski definition) is 3. The molecule has 3 aromatic heterocycles. The fourth-order valence-electron chi connectivity index (χ4n) is 4.35. The number of pyridine rings is 2. The van der Waals surface area contributed by atoms with Crippen molar-refractivity contribution in [1.82, 2.24) is 19.7 Å². The molecule has 0 aliphatic carbocycles. The average molecular weight is 462 g/mol. The molecule has 1 saturated heterocycles. The van der Waals surface area contributed by atoms with Gasteiger partial charge in [0.1, 0.15) is 11.5 Å². The Morgan fingerprint density at radius 2 is 2.22 bits per heavy atom. The molecule has 0 radical (unpaired) electrons. The molecule has 2 aliphatic heterocycles. The molecule has 5 heterocycles. The van der Waals surface area contributed by atoms with E-state index < -0.39 is 11.8 Å². The first-order valence-corrected chi connectivity index (χ1v) is 10.3. The summed E-state index contributed by atoms with van der Waals surface area (Å²) in [6.07, 6.45) is 5.66. The van der Waals surface area contributed by atoms with Gasteiger partial charge in [-0.1, -0.05) is 0 Å². The Kier molecular flexibility index (Phi) is 6.18. The van der Waals surface area contributed by atoms with Crippen molar-refractivity contribution < 1.29 is 14.3 Å². The summed E-state index contributed by atoms with van der Waals surface area (Å²) < 4.78 is 16.2. The number of carbonyl (C=O) groups is 1. The standard InChI is InChI=1S/C21H24FN7O2.ClH/c1-13-9-28-11-17(16(22)8-19(28)25-13)26-21(31)29-6-3-15-18(2-4-24-20(15)29)27-7-5-23-14(10-27)12-30;/h2,4,8-9,11,14,23,30H,3,5-7,10,12H2,1H3,(H,26,31);1H/t14-;/m1./s1. The first-order valence-electron chi connectivity index (χ1n) is 10.3. The van der Waals surface area contributed by atoms with Gasteiger partial charge in [-0.2, -0.15) is 0 Å². The predicted molar refractivity (Wildman–Crippen MR) is 123 cm³/mol. The highest BCUT2D eigenvalue weighted by molar-refractivity contribution is 6.03. The van der Waals surface area contributed by atoms with Crippen LogP contribution in [0.5, 0.6) is 0 Å². The number of carbonyl (C=O) groups excluding carboxylic acids is 1. The van der Waals surface area contributed by atoms with Crippen molar-refractivity contribution in [3.8, 4) is 0 Å². The van der Waals surface area contributed by atoms with Crippen LogP contribution in [0, 0.1) is 12.7 Å². The van der Waals surface area contributed by atoms with E-state index in [0.29, 0.717) is 31.0 Å². The van der Waals surface area contributed by atoms with Crippen molar-refractivity contribution in [2.75, 3.05) is 47.9 Å². The van der Waals surface area contributed by atoms with Crippen LogP contribution >= 0.6 is 12.4 Å². The number of imidazole rings is 1. The minimum Gasteiger partial charge on any atom is -0.395 e. The van der Waals surface area contributed by atoms with Crippen LogP contribution in [0.4, 0.5) is 26.4 Å². The lowest BCUT2D eigenvalue weighted by Crippen LogP contribution is -2.52. The number of aromatic nitrogens is 3. The summed E-state index contributed by atoms with van der Waals surface area (Å²) in [4.78, 5) is 25.4. The Bertz CT molecular complexity index is 1150. The Hall–Kier alpha value is -2.95. The van der Waals surface area contributed by atoms with Crippen LogP contribution in [-0.4, -0.2) is 64.3 Å². The Labute approximate surface area is 190 Å². The summed E-state index contributed by atoms with van der Waals surface area (Å²) in [5, 5.41) is 15.5. The maximum absolute atomic E-state index is 14.5. The van der Waals surface area contributed by atoms with Crippen molar-refractivity contribution in [2.24, 2.45) is 0 Å². The Balaban J connectivity index is 0.00000245. The number of fused-ring (bicyclic) bond motifs is 2. The molecule has 1 atom stereocenters. The smallest absolute Gasteiger partial charge is 0.327 e. The van der Waals surface area contributed by atoms with Crippen LogP contribution < -0.4 is 20.4 Å². The van der Waals surface area contributed by atoms with Gasteiger partial charge in [-0.15, -0.1) is 12.4 Å². The van der Waals surface area contributed by atoms with Crippen molar-refractivity contribution in [2.45, 2.75) is 19.4 Å². The first-order chi connectivity index (χ1) is 15.0. The zero-order chi connectivity index (χ0) is 21.5. The van der Waals surface area contributed by atoms with Crippen LogP contribution in [-0.2, 0) is 6.42 Å². The van der Waals surface area contributed by atoms with Gasteiger partial charge < -0.3 is 25.0 Å². The van der Waals surface area contributed by atoms with Crippen molar-refractivity contribution in [3.63, 3.8) is 0 Å². The zero-order valence-electron chi connectivity index (χ0n) is 17.6. The number of aryl methyl sites for hydroxylation is 1. The molecule has 9 nitrogen and oxygen atoms in total. The lowest BCUT2D eigenvalue weighted by Gasteiger charge is -2.35. The van der Waals surface area contributed by atoms with Gasteiger partial charge >= 0.3 is 6.03 Å². The molecule has 0 unspecified atom stereocenters. The highest BCUT2D eigenvalue weighted by Crippen LogP contribution is 2.34. The van der Waals surface area contributed by atoms with E-state index >= 15 is 0 Å². The first kappa shape index (κ1) is 22.3. The molecule has 11 heteroatoms. The molecule has 0 bridgehead atoms. The number of aliphatic hydroxyl groups excluding tert-OH is 1. The molecule has 1 fully saturated rings. The SMILES string of the molecule is Cc1cn2cc(NC(=O)N3CCc4c(N5CCN[C@@H](CO)C5)ccnc43)c(F)cc2n1.Cl. The monoisotopic (exact) mass is 461 g/mol. The second-order valence-corrected chi connectivity index (χ2v) is 7.93. The van der Waals surface area contributed by atoms with Gasteiger partial charge in [0, 0.05) is 68.1 Å². The van der Waals surface area contributed by atoms with Gasteiger partial charge in [0.05, 0.1) is 18.0 Å². The Morgan fingerprint density at radius 3 is 3.03 bits per heavy atom. The summed E-state index contributed by atoms with van der Waals surface area (Å²) in [6, 6.07) is 2.85. The van der Waals surface area contributed by atoms with E-state index in [0.717, 1.165) is 30.0 Å². The molecule has 0 saturated carbocycles. The van der Waals surface area contributed by atoms with E-state index in [1.807, 2.05) is 13.0 Å². The lowest BCUT2D eigenvalue weighted by atomic mass is 10.1. The maximum Gasteiger partial charge on any atom is 0.327 e. The van der Waals surface area contributed by atoms with Gasteiger partial charge in [0.2, 0.25) is 0 Å². The Morgan fingerprint density at radius 1 is 1.38 bits per heavy atom. The number of amides is 2. The third kappa shape index (κ3) is 3.96. The van der Waals surface area contributed by atoms with E-state index in [1.54, 1.807) is 21.7 Å². The van der Waals surface area contributed by atoms with Crippen LogP contribution in [0.3, 0.4) is 0 Å². The highest BCUT2D eigenvalue weighted by atomic mass is 35.5. The summed E-state index contributed by atoms with van der Waals surface area (Å²) in [5.74, 6) is 0.0532. The van der Waals surface area contributed by atoms with E-state index in [1.165, 1.54) is 12.3 Å². The number of aliphatic hydroxyl groups is 1. The normalized spacial score (nSPS) is 17.9. The zero-order valence-corrected chi connectivity index (χ0v) is 18.4. The number of anilines is 3. The predicted octanol–water partition coefficient (Wildman–Crippen LogP) is 1.96. The van der Waals surface area contributed by atoms with E-state index in [9.17, 15) is 14.3 Å². The van der Waals surface area contributed by atoms with Crippen LogP contribution in [0.25, 0.3) is 5.65 Å². The van der Waals surface area contributed by atoms with Crippen molar-refractivity contribution in [3.05, 3.63) is 47.8 Å². The minimum absolute atomic E-state index is 0. The molecule has 32 heavy (non-hydrogen) atoms. The van der Waals surface area contributed by atoms with E-state index in [2.05, 4.69) is 25.5 Å². The number of nitrogens with zero attached hydrogens (tertiary/aromatic N) is 5. The summed E-state index contributed by atoms with van der Waals surface area (Å²) in [7, 11) is 0. The highest BCUT2D eigenvalue weighted by Gasteiger charge is 2.31. The van der Waals surface area contributed by atoms with Gasteiger partial charge in [0.25, 0.3) is 0 Å². The molecule has 2 aliphatic rings. The summed E-state index contributed by atoms with van der Waals surface area (Å²) >= 11 is 0. The topological polar surface area (TPSA) is 98.0 Å². The molecular weight excluding hydrogens is 437 g/mol. The van der Waals surface area contributed by atoms with Crippen LogP contribution in [0.15, 0.2) is 30.7 Å². The number of halogens is 2. The molecule has 0 aromatic carbocycles. The molecule has 3 aromatic rings. The number of nitrogens with one attached hydrogen (secondary N) is 2. The van der Waals surface area contributed by atoms with Gasteiger partial charge in [-0.3, -0.25) is 4.90 Å². The van der Waals surface area contributed by atoms with Gasteiger partial charge in [0.15, 0.2) is 5.82 Å². The number of piperazine rings is 1. The molecule has 5 rings (SSSR count). The number of urea groups is 1. The fourth-order valence-corrected chi connectivity index (χ4v) is 4.35. The molecule has 0 spiro atoms. The second-order valence-electron chi connectivity index (χ2n) is 7.93. The van der Waals surface area contributed by atoms with Crippen LogP contribution in [0.1, 0.15) is 11.3 Å². The van der Waals surface area contributed by atoms with Crippen molar-refractivity contribution >= 4 is 41.3 Å². The van der Waals surface area contributed by atoms with Gasteiger partial charge in [-0.25, -0.2) is 19.2 Å². The molecule has 2 amide bonds. The lowest BCUT2D eigenvalue weighted by molar-refractivity contribution is 0.235. The minimum atomic E-state index is -0.538. The molecular formula is C21H25ClFN7O2. The number of rotatable bonds is 3.